The zero-order valence-corrected chi connectivity index (χ0v) is 7.71. The first-order valence-corrected chi connectivity index (χ1v) is 4.22. The number of carboxylic acid groups (broad SMARTS) is 1. The van der Waals surface area contributed by atoms with Crippen LogP contribution < -0.4 is 4.74 Å². The number of fused-ring (bicyclic) bond motifs is 1. The number of carbonyl (C=O) groups is 1. The van der Waals surface area contributed by atoms with E-state index in [4.69, 9.17) is 16.7 Å². The maximum atomic E-state index is 10.3. The first-order valence-electron chi connectivity index (χ1n) is 3.85. The molecule has 2 N–H and O–H groups in total. The molecule has 5 heteroatoms. The van der Waals surface area contributed by atoms with Crippen molar-refractivity contribution in [1.29, 1.82) is 0 Å². The summed E-state index contributed by atoms with van der Waals surface area (Å²) in [5, 5.41) is 9.46. The van der Waals surface area contributed by atoms with Gasteiger partial charge in [0.1, 0.15) is 0 Å². The van der Waals surface area contributed by atoms with Crippen molar-refractivity contribution in [2.75, 3.05) is 0 Å². The highest BCUT2D eigenvalue weighted by molar-refractivity contribution is 6.37. The molecule has 1 aromatic heterocycles. The van der Waals surface area contributed by atoms with Crippen molar-refractivity contribution in [3.8, 4) is 5.75 Å². The van der Waals surface area contributed by atoms with Gasteiger partial charge in [-0.3, -0.25) is 0 Å². The number of nitrogens with one attached hydrogen (secondary N) is 1. The molecule has 0 aliphatic heterocycles. The number of halogens is 1. The lowest BCUT2D eigenvalue weighted by Gasteiger charge is -2.02. The number of ether oxygens (including phenoxy) is 1. The normalized spacial score (nSPS) is 10.4. The van der Waals surface area contributed by atoms with Gasteiger partial charge in [0.15, 0.2) is 5.75 Å². The zero-order chi connectivity index (χ0) is 10.1. The predicted molar refractivity (Wildman–Crippen MR) is 52.0 cm³/mol. The summed E-state index contributed by atoms with van der Waals surface area (Å²) in [6.45, 7) is 0. The molecule has 0 saturated heterocycles. The molecule has 0 aliphatic carbocycles. The molecule has 1 heterocycles. The van der Waals surface area contributed by atoms with Crippen molar-refractivity contribution in [1.82, 2.24) is 4.98 Å². The van der Waals surface area contributed by atoms with Crippen LogP contribution in [0.1, 0.15) is 0 Å². The molecule has 0 unspecified atom stereocenters. The highest BCUT2D eigenvalue weighted by atomic mass is 35.5. The lowest BCUT2D eigenvalue weighted by atomic mass is 10.2. The van der Waals surface area contributed by atoms with E-state index in [0.717, 1.165) is 10.9 Å². The molecule has 0 spiro atoms. The fraction of sp³-hybridized carbons (Fsp3) is 0. The lowest BCUT2D eigenvalue weighted by molar-refractivity contribution is 0.144. The second kappa shape index (κ2) is 3.23. The van der Waals surface area contributed by atoms with Gasteiger partial charge in [-0.2, -0.15) is 0 Å². The summed E-state index contributed by atoms with van der Waals surface area (Å²) in [5.41, 5.74) is 0.840. The topological polar surface area (TPSA) is 62.3 Å². The molecule has 1 aromatic carbocycles. The van der Waals surface area contributed by atoms with Crippen molar-refractivity contribution < 1.29 is 14.6 Å². The fourth-order valence-electron chi connectivity index (χ4n) is 1.25. The van der Waals surface area contributed by atoms with Crippen molar-refractivity contribution in [2.45, 2.75) is 0 Å². The highest BCUT2D eigenvalue weighted by Gasteiger charge is 2.09. The fourth-order valence-corrected chi connectivity index (χ4v) is 1.52. The second-order valence-corrected chi connectivity index (χ2v) is 3.06. The Kier molecular flexibility index (Phi) is 2.05. The molecule has 0 bridgehead atoms. The summed E-state index contributed by atoms with van der Waals surface area (Å²) < 4.78 is 4.49. The Balaban J connectivity index is 2.56. The van der Waals surface area contributed by atoms with Gasteiger partial charge in [-0.15, -0.1) is 0 Å². The Labute approximate surface area is 84.1 Å². The molecule has 0 saturated carbocycles. The van der Waals surface area contributed by atoms with E-state index in [2.05, 4.69) is 9.72 Å². The van der Waals surface area contributed by atoms with Crippen LogP contribution in [-0.2, 0) is 0 Å². The summed E-state index contributed by atoms with van der Waals surface area (Å²) >= 11 is 5.92. The number of benzene rings is 1. The van der Waals surface area contributed by atoms with Crippen LogP contribution in [0, 0.1) is 0 Å². The monoisotopic (exact) mass is 211 g/mol. The number of rotatable bonds is 1. The predicted octanol–water partition coefficient (Wildman–Crippen LogP) is 2.88. The number of H-pyrrole nitrogens is 1. The van der Waals surface area contributed by atoms with Crippen LogP contribution >= 0.6 is 11.6 Å². The standard InChI is InChI=1S/C9H6ClNO3/c10-8-5-3-4-11-6(5)1-2-7(8)14-9(12)13/h1-4,11H,(H,12,13). The van der Waals surface area contributed by atoms with Gasteiger partial charge < -0.3 is 14.8 Å². The van der Waals surface area contributed by atoms with Crippen LogP contribution in [0.15, 0.2) is 24.4 Å². The molecular formula is C9H6ClNO3. The van der Waals surface area contributed by atoms with Crippen LogP contribution in [0.25, 0.3) is 10.9 Å². The van der Waals surface area contributed by atoms with E-state index >= 15 is 0 Å². The summed E-state index contributed by atoms with van der Waals surface area (Å²) in [4.78, 5) is 13.3. The number of aromatic amines is 1. The lowest BCUT2D eigenvalue weighted by Crippen LogP contribution is -2.03. The van der Waals surface area contributed by atoms with Crippen molar-refractivity contribution in [3.05, 3.63) is 29.4 Å². The molecule has 0 aliphatic rings. The maximum Gasteiger partial charge on any atom is 0.511 e. The summed E-state index contributed by atoms with van der Waals surface area (Å²) in [7, 11) is 0. The van der Waals surface area contributed by atoms with Crippen LogP contribution in [0.5, 0.6) is 5.75 Å². The van der Waals surface area contributed by atoms with Gasteiger partial charge in [0.25, 0.3) is 0 Å². The van der Waals surface area contributed by atoms with Crippen molar-refractivity contribution >= 4 is 28.7 Å². The minimum atomic E-state index is -1.37. The molecule has 14 heavy (non-hydrogen) atoms. The zero-order valence-electron chi connectivity index (χ0n) is 6.95. The third kappa shape index (κ3) is 1.40. The SMILES string of the molecule is O=C(O)Oc1ccc2[nH]ccc2c1Cl. The Morgan fingerprint density at radius 1 is 1.43 bits per heavy atom. The van der Waals surface area contributed by atoms with E-state index < -0.39 is 6.16 Å². The van der Waals surface area contributed by atoms with Crippen LogP contribution in [0.2, 0.25) is 5.02 Å². The minimum Gasteiger partial charge on any atom is -0.449 e. The summed E-state index contributed by atoms with van der Waals surface area (Å²) in [6, 6.07) is 4.97. The molecule has 0 amide bonds. The third-order valence-electron chi connectivity index (χ3n) is 1.83. The molecule has 4 nitrogen and oxygen atoms in total. The van der Waals surface area contributed by atoms with E-state index in [0.29, 0.717) is 5.02 Å². The molecule has 0 atom stereocenters. The Morgan fingerprint density at radius 2 is 2.21 bits per heavy atom. The molecule has 0 fully saturated rings. The summed E-state index contributed by atoms with van der Waals surface area (Å²) in [5.74, 6) is 0.145. The van der Waals surface area contributed by atoms with Gasteiger partial charge in [-0.05, 0) is 18.2 Å². The molecule has 2 rings (SSSR count). The number of aromatic nitrogens is 1. The van der Waals surface area contributed by atoms with E-state index in [1.54, 1.807) is 18.3 Å². The van der Waals surface area contributed by atoms with Crippen LogP contribution in [-0.4, -0.2) is 16.2 Å². The quantitative estimate of drug-likeness (QED) is 0.563. The van der Waals surface area contributed by atoms with Crippen LogP contribution in [0.3, 0.4) is 0 Å². The highest BCUT2D eigenvalue weighted by Crippen LogP contribution is 2.32. The first-order chi connectivity index (χ1) is 6.68. The number of hydrogen-bond acceptors (Lipinski definition) is 2. The second-order valence-electron chi connectivity index (χ2n) is 2.68. The van der Waals surface area contributed by atoms with Crippen molar-refractivity contribution in [2.24, 2.45) is 0 Å². The van der Waals surface area contributed by atoms with Gasteiger partial charge >= 0.3 is 6.16 Å². The largest absolute Gasteiger partial charge is 0.511 e. The molecule has 2 aromatic rings. The molecule has 0 radical (unpaired) electrons. The van der Waals surface area contributed by atoms with Gasteiger partial charge in [-0.25, -0.2) is 4.79 Å². The first kappa shape index (κ1) is 8.90. The average molecular weight is 212 g/mol. The van der Waals surface area contributed by atoms with Gasteiger partial charge in [0.05, 0.1) is 5.02 Å². The molecule has 72 valence electrons. The average Bonchev–Trinajstić information content (AvgIpc) is 2.57. The third-order valence-corrected chi connectivity index (χ3v) is 2.22. The Bertz CT molecular complexity index is 492. The Morgan fingerprint density at radius 3 is 2.93 bits per heavy atom. The minimum absolute atomic E-state index is 0.145. The van der Waals surface area contributed by atoms with Crippen molar-refractivity contribution in [3.63, 3.8) is 0 Å². The Hall–Kier alpha value is -1.68. The van der Waals surface area contributed by atoms with E-state index in [9.17, 15) is 4.79 Å². The van der Waals surface area contributed by atoms with Crippen LogP contribution in [0.4, 0.5) is 4.79 Å². The van der Waals surface area contributed by atoms with E-state index in [1.165, 1.54) is 6.07 Å². The smallest absolute Gasteiger partial charge is 0.449 e. The van der Waals surface area contributed by atoms with E-state index in [-0.39, 0.29) is 5.75 Å². The van der Waals surface area contributed by atoms with E-state index in [1.807, 2.05) is 0 Å². The van der Waals surface area contributed by atoms with Gasteiger partial charge in [0, 0.05) is 17.1 Å². The summed E-state index contributed by atoms with van der Waals surface area (Å²) in [6.07, 6.45) is 0.350. The number of hydrogen-bond donors (Lipinski definition) is 2. The molecular weight excluding hydrogens is 206 g/mol. The van der Waals surface area contributed by atoms with Gasteiger partial charge in [0.2, 0.25) is 0 Å². The maximum absolute atomic E-state index is 10.3. The van der Waals surface area contributed by atoms with Gasteiger partial charge in [-0.1, -0.05) is 11.6 Å².